The van der Waals surface area contributed by atoms with E-state index in [4.69, 9.17) is 4.74 Å². The fraction of sp³-hybridized carbons (Fsp3) is 0.393. The number of nitrogens with one attached hydrogen (secondary N) is 2. The maximum absolute atomic E-state index is 12.6. The normalized spacial score (nSPS) is 18.9. The molecule has 0 aliphatic heterocycles. The van der Waals surface area contributed by atoms with Gasteiger partial charge in [-0.1, -0.05) is 60.7 Å². The molecule has 0 spiro atoms. The smallest absolute Gasteiger partial charge is 0.407 e. The lowest BCUT2D eigenvalue weighted by Gasteiger charge is -2.27. The molecule has 184 valence electrons. The molecule has 0 radical (unpaired) electrons. The number of hydrogen-bond donors (Lipinski definition) is 3. The van der Waals surface area contributed by atoms with E-state index in [0.29, 0.717) is 19.3 Å². The zero-order valence-corrected chi connectivity index (χ0v) is 20.1. The van der Waals surface area contributed by atoms with E-state index >= 15 is 0 Å². The maximum Gasteiger partial charge on any atom is 0.407 e. The number of benzene rings is 2. The Labute approximate surface area is 205 Å². The third-order valence-corrected chi connectivity index (χ3v) is 6.78. The molecule has 0 fully saturated rings. The Kier molecular flexibility index (Phi) is 7.24. The lowest BCUT2D eigenvalue weighted by Crippen LogP contribution is -2.45. The quantitative estimate of drug-likeness (QED) is 0.482. The van der Waals surface area contributed by atoms with Gasteiger partial charge in [0.25, 0.3) is 0 Å². The van der Waals surface area contributed by atoms with Gasteiger partial charge in [0, 0.05) is 23.9 Å². The molecule has 2 atom stereocenters. The molecule has 0 aromatic heterocycles. The average Bonchev–Trinajstić information content (AvgIpc) is 3.15. The Hall–Kier alpha value is -3.61. The number of fused-ring (bicyclic) bond motifs is 3. The predicted octanol–water partition coefficient (Wildman–Crippen LogP) is 4.62. The third kappa shape index (κ3) is 5.91. The minimum absolute atomic E-state index is 0.0137. The van der Waals surface area contributed by atoms with Crippen molar-refractivity contribution in [1.29, 1.82) is 0 Å². The van der Waals surface area contributed by atoms with Crippen molar-refractivity contribution in [3.05, 3.63) is 71.8 Å². The van der Waals surface area contributed by atoms with Crippen LogP contribution in [-0.4, -0.2) is 41.3 Å². The first-order chi connectivity index (χ1) is 16.7. The van der Waals surface area contributed by atoms with E-state index in [2.05, 4.69) is 34.9 Å². The number of aliphatic carboxylic acids is 1. The molecule has 2 amide bonds. The molecule has 2 aliphatic rings. The Morgan fingerprint density at radius 3 is 2.29 bits per heavy atom. The summed E-state index contributed by atoms with van der Waals surface area (Å²) in [4.78, 5) is 36.2. The first kappa shape index (κ1) is 24.5. The van der Waals surface area contributed by atoms with E-state index in [0.717, 1.165) is 11.1 Å². The van der Waals surface area contributed by atoms with E-state index in [1.807, 2.05) is 44.2 Å². The zero-order valence-electron chi connectivity index (χ0n) is 20.1. The summed E-state index contributed by atoms with van der Waals surface area (Å²) in [5, 5.41) is 14.9. The van der Waals surface area contributed by atoms with Crippen molar-refractivity contribution in [3.63, 3.8) is 0 Å². The Bertz CT molecular complexity index is 1090. The van der Waals surface area contributed by atoms with Crippen LogP contribution >= 0.6 is 0 Å². The first-order valence-electron chi connectivity index (χ1n) is 12.1. The monoisotopic (exact) mass is 476 g/mol. The van der Waals surface area contributed by atoms with Crippen molar-refractivity contribution in [2.24, 2.45) is 5.92 Å². The van der Waals surface area contributed by atoms with Gasteiger partial charge >= 0.3 is 12.1 Å². The van der Waals surface area contributed by atoms with Crippen LogP contribution in [0.3, 0.4) is 0 Å². The number of amides is 2. The standard InChI is InChI=1S/C28H32N2O5/c1-28(2,15-14-25(31)29-19-9-7-8-18(16-19)26(32)33)30-27(34)35-17-24-22-12-5-3-10-20(22)21-11-4-6-13-23(21)24/h3-7,9-13,18-19,24H,8,14-17H2,1-2H3,(H,29,31)(H,30,34)(H,32,33). The molecular formula is C28H32N2O5. The molecular weight excluding hydrogens is 444 g/mol. The number of rotatable bonds is 8. The summed E-state index contributed by atoms with van der Waals surface area (Å²) >= 11 is 0. The molecule has 0 bridgehead atoms. The Balaban J connectivity index is 1.26. The largest absolute Gasteiger partial charge is 0.481 e. The highest BCUT2D eigenvalue weighted by molar-refractivity contribution is 5.79. The van der Waals surface area contributed by atoms with Gasteiger partial charge in [-0.2, -0.15) is 0 Å². The van der Waals surface area contributed by atoms with E-state index in [9.17, 15) is 19.5 Å². The number of carboxylic acids is 1. The van der Waals surface area contributed by atoms with Crippen molar-refractivity contribution >= 4 is 18.0 Å². The first-order valence-corrected chi connectivity index (χ1v) is 12.1. The van der Waals surface area contributed by atoms with Crippen LogP contribution in [0, 0.1) is 5.92 Å². The molecule has 35 heavy (non-hydrogen) atoms. The summed E-state index contributed by atoms with van der Waals surface area (Å²) in [6.07, 6.45) is 4.63. The van der Waals surface area contributed by atoms with Gasteiger partial charge < -0.3 is 20.5 Å². The second-order valence-corrected chi connectivity index (χ2v) is 9.94. The van der Waals surface area contributed by atoms with Crippen molar-refractivity contribution < 1.29 is 24.2 Å². The number of allylic oxidation sites excluding steroid dienone is 1. The maximum atomic E-state index is 12.6. The summed E-state index contributed by atoms with van der Waals surface area (Å²) in [5.41, 5.74) is 4.00. The van der Waals surface area contributed by atoms with E-state index < -0.39 is 23.5 Å². The molecule has 7 heteroatoms. The molecule has 2 unspecified atom stereocenters. The summed E-state index contributed by atoms with van der Waals surface area (Å²) < 4.78 is 5.62. The highest BCUT2D eigenvalue weighted by atomic mass is 16.5. The minimum atomic E-state index is -0.845. The second-order valence-electron chi connectivity index (χ2n) is 9.94. The van der Waals surface area contributed by atoms with Gasteiger partial charge in [-0.15, -0.1) is 0 Å². The number of carbonyl (C=O) groups excluding carboxylic acids is 2. The molecule has 3 N–H and O–H groups in total. The topological polar surface area (TPSA) is 105 Å². The van der Waals surface area contributed by atoms with Crippen molar-refractivity contribution in [3.8, 4) is 11.1 Å². The summed E-state index contributed by atoms with van der Waals surface area (Å²) in [6.45, 7) is 3.93. The zero-order chi connectivity index (χ0) is 25.0. The average molecular weight is 477 g/mol. The lowest BCUT2D eigenvalue weighted by molar-refractivity contribution is -0.142. The molecule has 0 saturated carbocycles. The van der Waals surface area contributed by atoms with Crippen LogP contribution in [0.25, 0.3) is 11.1 Å². The molecule has 4 rings (SSSR count). The van der Waals surface area contributed by atoms with Gasteiger partial charge in [0.2, 0.25) is 5.91 Å². The van der Waals surface area contributed by atoms with Crippen LogP contribution in [0.4, 0.5) is 4.79 Å². The molecule has 2 aromatic rings. The summed E-state index contributed by atoms with van der Waals surface area (Å²) in [7, 11) is 0. The lowest BCUT2D eigenvalue weighted by atomic mass is 9.91. The van der Waals surface area contributed by atoms with Crippen LogP contribution < -0.4 is 10.6 Å². The molecule has 7 nitrogen and oxygen atoms in total. The number of alkyl carbamates (subject to hydrolysis) is 1. The molecule has 0 saturated heterocycles. The fourth-order valence-electron chi connectivity index (χ4n) is 4.88. The Morgan fingerprint density at radius 1 is 1.03 bits per heavy atom. The SMILES string of the molecule is CC(C)(CCC(=O)NC1C=CCC(C(=O)O)C1)NC(=O)OCC1c2ccccc2-c2ccccc21. The highest BCUT2D eigenvalue weighted by Gasteiger charge is 2.30. The number of hydrogen-bond acceptors (Lipinski definition) is 4. The van der Waals surface area contributed by atoms with Gasteiger partial charge in [-0.25, -0.2) is 4.79 Å². The molecule has 0 heterocycles. The number of ether oxygens (including phenoxy) is 1. The van der Waals surface area contributed by atoms with E-state index in [-0.39, 0.29) is 30.9 Å². The van der Waals surface area contributed by atoms with Gasteiger partial charge in [-0.05, 0) is 55.4 Å². The minimum Gasteiger partial charge on any atom is -0.481 e. The number of carboxylic acid groups (broad SMARTS) is 1. The summed E-state index contributed by atoms with van der Waals surface area (Å²) in [5.74, 6) is -1.51. The van der Waals surface area contributed by atoms with E-state index in [1.54, 1.807) is 6.08 Å². The number of carbonyl (C=O) groups is 3. The van der Waals surface area contributed by atoms with Gasteiger partial charge in [-0.3, -0.25) is 9.59 Å². The van der Waals surface area contributed by atoms with Gasteiger partial charge in [0.15, 0.2) is 0 Å². The van der Waals surface area contributed by atoms with Crippen LogP contribution in [0.5, 0.6) is 0 Å². The van der Waals surface area contributed by atoms with Gasteiger partial charge in [0.1, 0.15) is 6.61 Å². The van der Waals surface area contributed by atoms with Crippen LogP contribution in [0.2, 0.25) is 0 Å². The Morgan fingerprint density at radius 2 is 1.66 bits per heavy atom. The summed E-state index contributed by atoms with van der Waals surface area (Å²) in [6, 6.07) is 16.1. The van der Waals surface area contributed by atoms with Crippen LogP contribution in [0.1, 0.15) is 56.6 Å². The van der Waals surface area contributed by atoms with Crippen LogP contribution in [0.15, 0.2) is 60.7 Å². The van der Waals surface area contributed by atoms with Crippen molar-refractivity contribution in [1.82, 2.24) is 10.6 Å². The highest BCUT2D eigenvalue weighted by Crippen LogP contribution is 2.44. The van der Waals surface area contributed by atoms with Gasteiger partial charge in [0.05, 0.1) is 5.92 Å². The molecule has 2 aliphatic carbocycles. The van der Waals surface area contributed by atoms with Crippen molar-refractivity contribution in [2.75, 3.05) is 6.61 Å². The fourth-order valence-corrected chi connectivity index (χ4v) is 4.88. The third-order valence-electron chi connectivity index (χ3n) is 6.78. The second kappa shape index (κ2) is 10.3. The van der Waals surface area contributed by atoms with Crippen LogP contribution in [-0.2, 0) is 14.3 Å². The van der Waals surface area contributed by atoms with E-state index in [1.165, 1.54) is 11.1 Å². The predicted molar refractivity (Wildman–Crippen MR) is 133 cm³/mol. The molecule has 2 aromatic carbocycles. The van der Waals surface area contributed by atoms with Crippen molar-refractivity contribution in [2.45, 2.75) is 57.0 Å².